The smallest absolute Gasteiger partial charge is 0.247 e. The highest BCUT2D eigenvalue weighted by atomic mass is 127. The predicted molar refractivity (Wildman–Crippen MR) is 158 cm³/mol. The van der Waals surface area contributed by atoms with Crippen LogP contribution in [0.25, 0.3) is 0 Å². The summed E-state index contributed by atoms with van der Waals surface area (Å²) in [6, 6.07) is 6.98. The normalized spacial score (nSPS) is 33.2. The SMILES string of the molecule is CCC=CC(=O)N(CC12CC3CC(CC(C3)C1)C2)[C@@H]1CC(C(=O)NCCO)=C[C@H](Oc2ccccc2I)[C@H]1O. The van der Waals surface area contributed by atoms with Crippen molar-refractivity contribution in [1.82, 2.24) is 10.2 Å². The zero-order chi connectivity index (χ0) is 27.6. The Morgan fingerprint density at radius 1 is 1.15 bits per heavy atom. The largest absolute Gasteiger partial charge is 0.482 e. The molecule has 2 amide bonds. The van der Waals surface area contributed by atoms with Gasteiger partial charge in [0.05, 0.1) is 16.2 Å². The quantitative estimate of drug-likeness (QED) is 0.261. The van der Waals surface area contributed by atoms with Gasteiger partial charge in [-0.25, -0.2) is 0 Å². The van der Waals surface area contributed by atoms with Gasteiger partial charge >= 0.3 is 0 Å². The van der Waals surface area contributed by atoms with Crippen molar-refractivity contribution in [2.75, 3.05) is 19.7 Å². The monoisotopic (exact) mass is 648 g/mol. The summed E-state index contributed by atoms with van der Waals surface area (Å²) in [6.45, 7) is 2.58. The standard InChI is InChI=1S/C31H41IN2O5/c1-2-3-8-28(36)34(19-31-16-20-11-21(17-31)13-22(12-20)18-31)25-14-23(30(38)33-9-10-35)15-27(29(25)37)39-26-7-5-4-6-24(26)32/h3-8,15,20-22,25,27,29,35,37H,2,9-14,16-19H2,1H3,(H,33,38)/t20?,21?,22?,25-,27+,29+,31?/m1/s1. The average molecular weight is 649 g/mol. The molecule has 5 aliphatic rings. The topological polar surface area (TPSA) is 99.1 Å². The van der Waals surface area contributed by atoms with Crippen LogP contribution in [-0.4, -0.2) is 64.9 Å². The minimum Gasteiger partial charge on any atom is -0.482 e. The van der Waals surface area contributed by atoms with Gasteiger partial charge in [0.2, 0.25) is 11.8 Å². The highest BCUT2D eigenvalue weighted by Gasteiger charge is 2.53. The van der Waals surface area contributed by atoms with Crippen LogP contribution in [0.5, 0.6) is 5.75 Å². The number of nitrogens with zero attached hydrogens (tertiary/aromatic N) is 1. The summed E-state index contributed by atoms with van der Waals surface area (Å²) in [6.07, 6.45) is 11.8. The van der Waals surface area contributed by atoms with Crippen molar-refractivity contribution in [1.29, 1.82) is 0 Å². The molecule has 4 saturated carbocycles. The van der Waals surface area contributed by atoms with Gasteiger partial charge in [0.15, 0.2) is 0 Å². The zero-order valence-corrected chi connectivity index (χ0v) is 24.9. The second-order valence-electron chi connectivity index (χ2n) is 12.1. The third kappa shape index (κ3) is 6.38. The maximum Gasteiger partial charge on any atom is 0.247 e. The zero-order valence-electron chi connectivity index (χ0n) is 22.7. The van der Waals surface area contributed by atoms with Crippen LogP contribution in [0.1, 0.15) is 58.3 Å². The Morgan fingerprint density at radius 2 is 1.82 bits per heavy atom. The Morgan fingerprint density at radius 3 is 2.44 bits per heavy atom. The number of ether oxygens (including phenoxy) is 1. The third-order valence-electron chi connectivity index (χ3n) is 9.16. The Hall–Kier alpha value is -1.91. The molecule has 5 aliphatic carbocycles. The van der Waals surface area contributed by atoms with Crippen LogP contribution < -0.4 is 10.1 Å². The molecule has 0 unspecified atom stereocenters. The maximum absolute atomic E-state index is 13.8. The van der Waals surface area contributed by atoms with E-state index < -0.39 is 18.2 Å². The minimum atomic E-state index is -0.997. The van der Waals surface area contributed by atoms with Crippen molar-refractivity contribution >= 4 is 34.4 Å². The minimum absolute atomic E-state index is 0.0792. The number of aliphatic hydroxyl groups excluding tert-OH is 2. The van der Waals surface area contributed by atoms with Gasteiger partial charge in [-0.2, -0.15) is 0 Å². The van der Waals surface area contributed by atoms with Crippen molar-refractivity contribution in [3.8, 4) is 5.75 Å². The van der Waals surface area contributed by atoms with E-state index in [9.17, 15) is 19.8 Å². The fraction of sp³-hybridized carbons (Fsp3) is 0.613. The summed E-state index contributed by atoms with van der Waals surface area (Å²) >= 11 is 2.19. The van der Waals surface area contributed by atoms with Crippen LogP contribution in [0.4, 0.5) is 0 Å². The molecule has 7 nitrogen and oxygen atoms in total. The Kier molecular flexibility index (Phi) is 9.03. The van der Waals surface area contributed by atoms with Crippen molar-refractivity contribution in [3.63, 3.8) is 0 Å². The first-order valence-corrected chi connectivity index (χ1v) is 15.5. The highest BCUT2D eigenvalue weighted by molar-refractivity contribution is 14.1. The van der Waals surface area contributed by atoms with E-state index in [0.29, 0.717) is 17.9 Å². The molecule has 0 spiro atoms. The molecule has 39 heavy (non-hydrogen) atoms. The molecule has 0 radical (unpaired) electrons. The molecule has 1 aromatic carbocycles. The molecule has 3 atom stereocenters. The Bertz CT molecular complexity index is 1080. The molecule has 0 saturated heterocycles. The molecule has 4 fully saturated rings. The van der Waals surface area contributed by atoms with E-state index in [0.717, 1.165) is 47.0 Å². The van der Waals surface area contributed by atoms with Gasteiger partial charge in [-0.1, -0.05) is 25.1 Å². The van der Waals surface area contributed by atoms with Crippen LogP contribution in [0.2, 0.25) is 0 Å². The molecular weight excluding hydrogens is 607 g/mol. The number of aliphatic hydroxyl groups is 2. The van der Waals surface area contributed by atoms with Crippen molar-refractivity contribution in [2.24, 2.45) is 23.2 Å². The predicted octanol–water partition coefficient (Wildman–Crippen LogP) is 4.22. The molecule has 0 aliphatic heterocycles. The number of hydrogen-bond acceptors (Lipinski definition) is 5. The van der Waals surface area contributed by atoms with Gasteiger partial charge in [-0.15, -0.1) is 0 Å². The van der Waals surface area contributed by atoms with Crippen LogP contribution in [-0.2, 0) is 9.59 Å². The van der Waals surface area contributed by atoms with E-state index >= 15 is 0 Å². The molecule has 1 aromatic rings. The number of nitrogens with one attached hydrogen (secondary N) is 1. The number of carbonyl (C=O) groups excluding carboxylic acids is 2. The van der Waals surface area contributed by atoms with Crippen molar-refractivity contribution in [2.45, 2.75) is 76.5 Å². The number of carbonyl (C=O) groups is 2. The van der Waals surface area contributed by atoms with Gasteiger partial charge in [0.25, 0.3) is 0 Å². The summed E-state index contributed by atoms with van der Waals surface area (Å²) in [5, 5.41) is 23.8. The lowest BCUT2D eigenvalue weighted by molar-refractivity contribution is -0.142. The van der Waals surface area contributed by atoms with E-state index in [2.05, 4.69) is 27.9 Å². The second-order valence-corrected chi connectivity index (χ2v) is 13.3. The van der Waals surface area contributed by atoms with E-state index in [4.69, 9.17) is 4.74 Å². The molecule has 3 N–H and O–H groups in total. The summed E-state index contributed by atoms with van der Waals surface area (Å²) in [5.74, 6) is 2.44. The number of allylic oxidation sites excluding steroid dienone is 1. The van der Waals surface area contributed by atoms with Crippen LogP contribution in [0.15, 0.2) is 48.1 Å². The van der Waals surface area contributed by atoms with E-state index in [1.54, 1.807) is 12.2 Å². The number of rotatable bonds is 10. The first kappa shape index (κ1) is 28.6. The van der Waals surface area contributed by atoms with Gasteiger partial charge in [0.1, 0.15) is 18.0 Å². The number of para-hydroxylation sites is 1. The van der Waals surface area contributed by atoms with Gasteiger partial charge < -0.3 is 25.2 Å². The van der Waals surface area contributed by atoms with E-state index in [1.807, 2.05) is 42.2 Å². The molecule has 4 bridgehead atoms. The van der Waals surface area contributed by atoms with Gasteiger partial charge in [-0.3, -0.25) is 9.59 Å². The first-order chi connectivity index (χ1) is 18.8. The number of benzene rings is 1. The number of halogens is 1. The average Bonchev–Trinajstić information content (AvgIpc) is 2.90. The highest BCUT2D eigenvalue weighted by Crippen LogP contribution is 2.60. The molecule has 8 heteroatoms. The van der Waals surface area contributed by atoms with Crippen LogP contribution in [0.3, 0.4) is 0 Å². The first-order valence-electron chi connectivity index (χ1n) is 14.5. The van der Waals surface area contributed by atoms with Gasteiger partial charge in [-0.05, 0) is 115 Å². The lowest BCUT2D eigenvalue weighted by Crippen LogP contribution is -2.59. The number of hydrogen-bond donors (Lipinski definition) is 3. The van der Waals surface area contributed by atoms with Crippen LogP contribution >= 0.6 is 22.6 Å². The lowest BCUT2D eigenvalue weighted by atomic mass is 9.49. The number of amides is 2. The fourth-order valence-corrected chi connectivity index (χ4v) is 8.50. The van der Waals surface area contributed by atoms with Gasteiger partial charge in [0, 0.05) is 25.1 Å². The molecule has 212 valence electrons. The van der Waals surface area contributed by atoms with Crippen molar-refractivity contribution in [3.05, 3.63) is 51.6 Å². The second kappa shape index (κ2) is 12.3. The lowest BCUT2D eigenvalue weighted by Gasteiger charge is -2.58. The summed E-state index contributed by atoms with van der Waals surface area (Å²) in [4.78, 5) is 28.7. The van der Waals surface area contributed by atoms with Crippen molar-refractivity contribution < 1.29 is 24.5 Å². The van der Waals surface area contributed by atoms with E-state index in [-0.39, 0.29) is 36.8 Å². The fourth-order valence-electron chi connectivity index (χ4n) is 7.98. The summed E-state index contributed by atoms with van der Waals surface area (Å²) < 4.78 is 7.20. The maximum atomic E-state index is 13.8. The summed E-state index contributed by atoms with van der Waals surface area (Å²) in [5.41, 5.74) is 0.549. The molecule has 6 rings (SSSR count). The Balaban J connectivity index is 1.47. The van der Waals surface area contributed by atoms with E-state index in [1.165, 1.54) is 19.3 Å². The molecule has 0 heterocycles. The van der Waals surface area contributed by atoms with Crippen LogP contribution in [0, 0.1) is 26.7 Å². The third-order valence-corrected chi connectivity index (χ3v) is 10.1. The molecular formula is C31H41IN2O5. The summed E-state index contributed by atoms with van der Waals surface area (Å²) in [7, 11) is 0. The Labute approximate surface area is 245 Å². The molecule has 0 aromatic heterocycles.